The lowest BCUT2D eigenvalue weighted by Gasteiger charge is -2.39. The van der Waals surface area contributed by atoms with Gasteiger partial charge >= 0.3 is 0 Å². The number of rotatable bonds is 9. The highest BCUT2D eigenvalue weighted by molar-refractivity contribution is 5.94. The van der Waals surface area contributed by atoms with Crippen LogP contribution < -0.4 is 4.74 Å². The Labute approximate surface area is 175 Å². The number of benzene rings is 1. The molecule has 2 fully saturated rings. The minimum Gasteiger partial charge on any atom is -0.489 e. The fourth-order valence-electron chi connectivity index (χ4n) is 3.89. The number of likely N-dealkylation sites (tertiary alicyclic amines) is 1. The van der Waals surface area contributed by atoms with Gasteiger partial charge in [-0.15, -0.1) is 5.10 Å². The number of ether oxygens (including phenoxy) is 1. The lowest BCUT2D eigenvalue weighted by molar-refractivity contribution is 0.0702. The standard InChI is InChI=1S/C22H26N6O2/c1-26-10-18(9-23-26)15-30-20-6-2-16(3-7-20)11-27-12-17(13-27)8-22(29)21-14-28(25-24-21)19-4-5-19/h2-3,6-7,9-10,14,17,19H,4-5,8,11-13,15H2,1H3. The summed E-state index contributed by atoms with van der Waals surface area (Å²) < 4.78 is 9.42. The third-order valence-electron chi connectivity index (χ3n) is 5.72. The van der Waals surface area contributed by atoms with Crippen molar-refractivity contribution in [1.82, 2.24) is 29.7 Å². The van der Waals surface area contributed by atoms with Crippen LogP contribution in [0, 0.1) is 5.92 Å². The maximum atomic E-state index is 12.4. The van der Waals surface area contributed by atoms with Crippen molar-refractivity contribution in [3.8, 4) is 5.75 Å². The average molecular weight is 406 g/mol. The molecule has 2 aliphatic rings. The topological polar surface area (TPSA) is 78.1 Å². The third kappa shape index (κ3) is 4.43. The van der Waals surface area contributed by atoms with E-state index in [1.807, 2.05) is 42.5 Å². The summed E-state index contributed by atoms with van der Waals surface area (Å²) >= 11 is 0. The Kier molecular flexibility index (Phi) is 5.08. The molecule has 0 unspecified atom stereocenters. The molecule has 0 atom stereocenters. The molecule has 3 heterocycles. The van der Waals surface area contributed by atoms with E-state index in [9.17, 15) is 4.79 Å². The lowest BCUT2D eigenvalue weighted by Crippen LogP contribution is -2.46. The first-order chi connectivity index (χ1) is 14.6. The van der Waals surface area contributed by atoms with Gasteiger partial charge in [0.15, 0.2) is 5.78 Å². The number of hydrogen-bond donors (Lipinski definition) is 0. The van der Waals surface area contributed by atoms with Crippen LogP contribution in [0.25, 0.3) is 0 Å². The quantitative estimate of drug-likeness (QED) is 0.509. The Morgan fingerprint density at radius 1 is 1.13 bits per heavy atom. The first kappa shape index (κ1) is 19.0. The van der Waals surface area contributed by atoms with Crippen molar-refractivity contribution in [2.45, 2.75) is 38.5 Å². The summed E-state index contributed by atoms with van der Waals surface area (Å²) in [6, 6.07) is 8.69. The number of nitrogens with zero attached hydrogens (tertiary/aromatic N) is 6. The molecule has 1 saturated carbocycles. The van der Waals surface area contributed by atoms with Gasteiger partial charge in [0, 0.05) is 44.9 Å². The van der Waals surface area contributed by atoms with Crippen molar-refractivity contribution in [3.63, 3.8) is 0 Å². The zero-order valence-electron chi connectivity index (χ0n) is 17.1. The number of Topliss-reactive ketones (excluding diaryl/α,β-unsaturated/α-hetero) is 1. The number of carbonyl (C=O) groups is 1. The van der Waals surface area contributed by atoms with Crippen molar-refractivity contribution in [2.24, 2.45) is 13.0 Å². The van der Waals surface area contributed by atoms with Gasteiger partial charge in [0.2, 0.25) is 0 Å². The van der Waals surface area contributed by atoms with Gasteiger partial charge in [-0.25, -0.2) is 4.68 Å². The van der Waals surface area contributed by atoms with Gasteiger partial charge in [-0.05, 0) is 36.5 Å². The minimum atomic E-state index is 0.113. The van der Waals surface area contributed by atoms with Gasteiger partial charge in [-0.3, -0.25) is 14.4 Å². The summed E-state index contributed by atoms with van der Waals surface area (Å²) in [6.45, 7) is 3.30. The molecule has 1 aliphatic carbocycles. The molecular formula is C22H26N6O2. The van der Waals surface area contributed by atoms with Crippen LogP contribution in [0.2, 0.25) is 0 Å². The van der Waals surface area contributed by atoms with E-state index in [4.69, 9.17) is 4.74 Å². The van der Waals surface area contributed by atoms with E-state index in [1.54, 1.807) is 4.68 Å². The lowest BCUT2D eigenvalue weighted by atomic mass is 9.93. The maximum Gasteiger partial charge on any atom is 0.185 e. The molecule has 0 N–H and O–H groups in total. The van der Waals surface area contributed by atoms with Crippen LogP contribution >= 0.6 is 0 Å². The molecule has 1 aliphatic heterocycles. The van der Waals surface area contributed by atoms with Crippen LogP contribution in [-0.2, 0) is 20.2 Å². The average Bonchev–Trinajstić information content (AvgIpc) is 3.29. The van der Waals surface area contributed by atoms with Gasteiger partial charge in [-0.1, -0.05) is 17.3 Å². The van der Waals surface area contributed by atoms with E-state index in [-0.39, 0.29) is 5.78 Å². The molecule has 30 heavy (non-hydrogen) atoms. The number of carbonyl (C=O) groups excluding carboxylic acids is 1. The SMILES string of the molecule is Cn1cc(COc2ccc(CN3CC(CC(=O)c4cn(C5CC5)nn4)C3)cc2)cn1. The van der Waals surface area contributed by atoms with Crippen molar-refractivity contribution in [1.29, 1.82) is 0 Å². The van der Waals surface area contributed by atoms with E-state index in [1.165, 1.54) is 5.56 Å². The Bertz CT molecular complexity index is 1010. The van der Waals surface area contributed by atoms with Crippen LogP contribution in [0.4, 0.5) is 0 Å². The number of aromatic nitrogens is 5. The first-order valence-electron chi connectivity index (χ1n) is 10.5. The van der Waals surface area contributed by atoms with Crippen molar-refractivity contribution < 1.29 is 9.53 Å². The van der Waals surface area contributed by atoms with Crippen LogP contribution in [0.5, 0.6) is 5.75 Å². The highest BCUT2D eigenvalue weighted by atomic mass is 16.5. The molecule has 3 aromatic rings. The summed E-state index contributed by atoms with van der Waals surface area (Å²) in [5, 5.41) is 12.3. The zero-order valence-corrected chi connectivity index (χ0v) is 17.1. The Morgan fingerprint density at radius 2 is 1.93 bits per heavy atom. The van der Waals surface area contributed by atoms with Gasteiger partial charge in [0.05, 0.1) is 18.4 Å². The summed E-state index contributed by atoms with van der Waals surface area (Å²) in [7, 11) is 1.90. The van der Waals surface area contributed by atoms with Crippen LogP contribution in [-0.4, -0.2) is 48.5 Å². The van der Waals surface area contributed by atoms with E-state index < -0.39 is 0 Å². The second-order valence-electron chi connectivity index (χ2n) is 8.46. The second-order valence-corrected chi connectivity index (χ2v) is 8.46. The number of ketones is 1. The van der Waals surface area contributed by atoms with E-state index >= 15 is 0 Å². The number of aryl methyl sites for hydroxylation is 1. The highest BCUT2D eigenvalue weighted by Gasteiger charge is 2.30. The van der Waals surface area contributed by atoms with Crippen LogP contribution in [0.3, 0.4) is 0 Å². The normalized spacial score (nSPS) is 17.1. The molecule has 5 rings (SSSR count). The third-order valence-corrected chi connectivity index (χ3v) is 5.72. The summed E-state index contributed by atoms with van der Waals surface area (Å²) in [4.78, 5) is 14.8. The number of hydrogen-bond acceptors (Lipinski definition) is 6. The monoisotopic (exact) mass is 406 g/mol. The van der Waals surface area contributed by atoms with Crippen LogP contribution in [0.1, 0.15) is 46.9 Å². The van der Waals surface area contributed by atoms with E-state index in [0.29, 0.717) is 30.7 Å². The van der Waals surface area contributed by atoms with E-state index in [2.05, 4.69) is 32.4 Å². The van der Waals surface area contributed by atoms with Crippen molar-refractivity contribution >= 4 is 5.78 Å². The first-order valence-corrected chi connectivity index (χ1v) is 10.5. The fourth-order valence-corrected chi connectivity index (χ4v) is 3.89. The molecule has 8 nitrogen and oxygen atoms in total. The molecule has 0 spiro atoms. The highest BCUT2D eigenvalue weighted by Crippen LogP contribution is 2.34. The van der Waals surface area contributed by atoms with Gasteiger partial charge in [0.25, 0.3) is 0 Å². The van der Waals surface area contributed by atoms with Crippen molar-refractivity contribution in [3.05, 3.63) is 59.7 Å². The Morgan fingerprint density at radius 3 is 2.63 bits per heavy atom. The predicted octanol–water partition coefficient (Wildman–Crippen LogP) is 2.63. The van der Waals surface area contributed by atoms with Crippen LogP contribution in [0.15, 0.2) is 42.9 Å². The molecule has 0 radical (unpaired) electrons. The maximum absolute atomic E-state index is 12.4. The van der Waals surface area contributed by atoms with Gasteiger partial charge in [0.1, 0.15) is 18.1 Å². The molecule has 0 amide bonds. The summed E-state index contributed by atoms with van der Waals surface area (Å²) in [5.74, 6) is 1.38. The molecule has 8 heteroatoms. The predicted molar refractivity (Wildman–Crippen MR) is 110 cm³/mol. The van der Waals surface area contributed by atoms with E-state index in [0.717, 1.165) is 43.8 Å². The smallest absolute Gasteiger partial charge is 0.185 e. The molecule has 1 aromatic carbocycles. The molecule has 2 aromatic heterocycles. The Balaban J connectivity index is 1.04. The van der Waals surface area contributed by atoms with Gasteiger partial charge < -0.3 is 4.74 Å². The Hall–Kier alpha value is -3.00. The summed E-state index contributed by atoms with van der Waals surface area (Å²) in [6.07, 6.45) is 8.43. The summed E-state index contributed by atoms with van der Waals surface area (Å²) in [5.41, 5.74) is 2.82. The van der Waals surface area contributed by atoms with Gasteiger partial charge in [-0.2, -0.15) is 5.10 Å². The van der Waals surface area contributed by atoms with Crippen molar-refractivity contribution in [2.75, 3.05) is 13.1 Å². The molecule has 1 saturated heterocycles. The molecule has 0 bridgehead atoms. The molecule has 156 valence electrons. The molecular weight excluding hydrogens is 380 g/mol. The zero-order chi connectivity index (χ0) is 20.5. The largest absolute Gasteiger partial charge is 0.489 e. The second kappa shape index (κ2) is 8.02. The fraction of sp³-hybridized carbons (Fsp3) is 0.455. The minimum absolute atomic E-state index is 0.113.